The van der Waals surface area contributed by atoms with Crippen molar-refractivity contribution in [3.63, 3.8) is 0 Å². The van der Waals surface area contributed by atoms with Gasteiger partial charge >= 0.3 is 5.69 Å². The lowest BCUT2D eigenvalue weighted by molar-refractivity contribution is 0.383. The Morgan fingerprint density at radius 3 is 2.85 bits per heavy atom. The van der Waals surface area contributed by atoms with Crippen LogP contribution >= 0.6 is 22.9 Å². The van der Waals surface area contributed by atoms with E-state index in [1.807, 2.05) is 19.0 Å². The third kappa shape index (κ3) is 2.78. The van der Waals surface area contributed by atoms with Crippen molar-refractivity contribution in [2.24, 2.45) is 0 Å². The fourth-order valence-electron chi connectivity index (χ4n) is 2.85. The minimum absolute atomic E-state index is 0.174. The SMILES string of the molecule is CN(C)CCn1c(=O)n(S(=O)(=O)c2c(Cl)nc3sccn23)c2cccnc21. The third-order valence-electron chi connectivity index (χ3n) is 4.08. The monoisotopic (exact) mass is 426 g/mol. The van der Waals surface area contributed by atoms with Crippen LogP contribution in [0.1, 0.15) is 0 Å². The van der Waals surface area contributed by atoms with Crippen molar-refractivity contribution in [2.75, 3.05) is 20.6 Å². The Labute approximate surface area is 163 Å². The summed E-state index contributed by atoms with van der Waals surface area (Å²) in [5.41, 5.74) is -0.190. The Morgan fingerprint density at radius 1 is 1.33 bits per heavy atom. The van der Waals surface area contributed by atoms with Gasteiger partial charge in [0.25, 0.3) is 10.0 Å². The Bertz CT molecular complexity index is 1310. The van der Waals surface area contributed by atoms with E-state index in [2.05, 4.69) is 9.97 Å². The standard InChI is InChI=1S/C15H15ClN6O3S2/c1-19(2)6-7-20-12-10(4-3-5-17-12)22(15(20)23)27(24,25)13-11(16)18-14-21(13)8-9-26-14/h3-5,8-9H,6-7H2,1-2H3. The molecule has 0 N–H and O–H groups in total. The number of nitrogens with zero attached hydrogens (tertiary/aromatic N) is 6. The van der Waals surface area contributed by atoms with E-state index in [0.29, 0.717) is 23.7 Å². The molecule has 0 saturated carbocycles. The number of hydrogen-bond donors (Lipinski definition) is 0. The summed E-state index contributed by atoms with van der Waals surface area (Å²) in [5.74, 6) is 0. The van der Waals surface area contributed by atoms with Crippen molar-refractivity contribution < 1.29 is 8.42 Å². The Kier molecular flexibility index (Phi) is 4.34. The van der Waals surface area contributed by atoms with Gasteiger partial charge in [-0.2, -0.15) is 12.4 Å². The normalized spacial score (nSPS) is 12.6. The molecule has 4 aromatic rings. The summed E-state index contributed by atoms with van der Waals surface area (Å²) in [5, 5.41) is 1.28. The number of fused-ring (bicyclic) bond motifs is 2. The smallest absolute Gasteiger partial charge is 0.308 e. The van der Waals surface area contributed by atoms with Gasteiger partial charge in [0.15, 0.2) is 15.8 Å². The van der Waals surface area contributed by atoms with E-state index in [1.54, 1.807) is 23.7 Å². The minimum atomic E-state index is -4.29. The van der Waals surface area contributed by atoms with Gasteiger partial charge in [-0.25, -0.2) is 14.8 Å². The molecule has 12 heteroatoms. The molecule has 0 unspecified atom stereocenters. The van der Waals surface area contributed by atoms with Crippen LogP contribution in [0.25, 0.3) is 16.1 Å². The highest BCUT2D eigenvalue weighted by Gasteiger charge is 2.31. The summed E-state index contributed by atoms with van der Waals surface area (Å²) < 4.78 is 30.2. The number of hydrogen-bond acceptors (Lipinski definition) is 7. The second kappa shape index (κ2) is 6.44. The van der Waals surface area contributed by atoms with Gasteiger partial charge in [0, 0.05) is 30.9 Å². The quantitative estimate of drug-likeness (QED) is 0.478. The molecule has 0 aliphatic heterocycles. The average Bonchev–Trinajstić information content (AvgIpc) is 3.23. The summed E-state index contributed by atoms with van der Waals surface area (Å²) >= 11 is 7.36. The zero-order valence-corrected chi connectivity index (χ0v) is 16.8. The number of rotatable bonds is 5. The van der Waals surface area contributed by atoms with E-state index >= 15 is 0 Å². The van der Waals surface area contributed by atoms with Gasteiger partial charge in [-0.3, -0.25) is 8.97 Å². The van der Waals surface area contributed by atoms with Crippen LogP contribution < -0.4 is 5.69 Å². The Morgan fingerprint density at radius 2 is 2.11 bits per heavy atom. The first-order valence-corrected chi connectivity index (χ1v) is 10.6. The van der Waals surface area contributed by atoms with Crippen molar-refractivity contribution in [1.29, 1.82) is 0 Å². The third-order valence-corrected chi connectivity index (χ3v) is 6.92. The molecule has 0 amide bonds. The molecule has 0 radical (unpaired) electrons. The predicted octanol–water partition coefficient (Wildman–Crippen LogP) is 1.36. The van der Waals surface area contributed by atoms with Crippen molar-refractivity contribution in [2.45, 2.75) is 11.6 Å². The molecule has 0 aromatic carbocycles. The van der Waals surface area contributed by atoms with Crippen molar-refractivity contribution in [3.05, 3.63) is 45.5 Å². The second-order valence-electron chi connectivity index (χ2n) is 6.12. The van der Waals surface area contributed by atoms with Crippen molar-refractivity contribution >= 4 is 49.1 Å². The van der Waals surface area contributed by atoms with E-state index < -0.39 is 15.7 Å². The summed E-state index contributed by atoms with van der Waals surface area (Å²) in [7, 11) is -0.555. The number of thiazole rings is 1. The van der Waals surface area contributed by atoms with Crippen LogP contribution in [0, 0.1) is 0 Å². The van der Waals surface area contributed by atoms with Gasteiger partial charge in [-0.05, 0) is 26.2 Å². The lowest BCUT2D eigenvalue weighted by Gasteiger charge is -2.09. The number of likely N-dealkylation sites (N-methyl/N-ethyl adjacent to an activating group) is 1. The molecule has 0 aliphatic carbocycles. The molecule has 142 valence electrons. The fraction of sp³-hybridized carbons (Fsp3) is 0.267. The van der Waals surface area contributed by atoms with Crippen LogP contribution in [0.4, 0.5) is 0 Å². The summed E-state index contributed by atoms with van der Waals surface area (Å²) in [6, 6.07) is 3.13. The molecule has 0 aliphatic rings. The highest BCUT2D eigenvalue weighted by atomic mass is 35.5. The van der Waals surface area contributed by atoms with Crippen LogP contribution in [0.2, 0.25) is 5.15 Å². The van der Waals surface area contributed by atoms with Crippen LogP contribution in [-0.4, -0.2) is 56.9 Å². The maximum atomic E-state index is 13.4. The van der Waals surface area contributed by atoms with Gasteiger partial charge in [-0.1, -0.05) is 11.6 Å². The van der Waals surface area contributed by atoms with Crippen molar-refractivity contribution in [1.82, 2.24) is 27.8 Å². The highest BCUT2D eigenvalue weighted by Crippen LogP contribution is 2.28. The Hall–Kier alpha value is -2.21. The molecular weight excluding hydrogens is 412 g/mol. The molecule has 0 fully saturated rings. The Balaban J connectivity index is 2.01. The minimum Gasteiger partial charge on any atom is -0.308 e. The first kappa shape index (κ1) is 18.2. The molecule has 9 nitrogen and oxygen atoms in total. The van der Waals surface area contributed by atoms with Crippen LogP contribution in [0.15, 0.2) is 39.7 Å². The fourth-order valence-corrected chi connectivity index (χ4v) is 5.67. The van der Waals surface area contributed by atoms with E-state index in [9.17, 15) is 13.2 Å². The van der Waals surface area contributed by atoms with E-state index in [0.717, 1.165) is 3.97 Å². The average molecular weight is 427 g/mol. The van der Waals surface area contributed by atoms with Crippen LogP contribution in [-0.2, 0) is 16.6 Å². The van der Waals surface area contributed by atoms with Crippen LogP contribution in [0.5, 0.6) is 0 Å². The maximum Gasteiger partial charge on any atom is 0.344 e. The van der Waals surface area contributed by atoms with E-state index in [4.69, 9.17) is 11.6 Å². The van der Waals surface area contributed by atoms with Gasteiger partial charge in [0.05, 0.1) is 0 Å². The first-order valence-electron chi connectivity index (χ1n) is 7.90. The molecule has 4 heterocycles. The van der Waals surface area contributed by atoms with Gasteiger partial charge < -0.3 is 4.90 Å². The zero-order chi connectivity index (χ0) is 19.3. The molecule has 0 atom stereocenters. The molecule has 27 heavy (non-hydrogen) atoms. The van der Waals surface area contributed by atoms with Crippen molar-refractivity contribution in [3.8, 4) is 0 Å². The summed E-state index contributed by atoms with van der Waals surface area (Å²) in [6.45, 7) is 0.855. The molecule has 0 bridgehead atoms. The first-order chi connectivity index (χ1) is 12.8. The molecule has 0 spiro atoms. The molecule has 0 saturated heterocycles. The highest BCUT2D eigenvalue weighted by molar-refractivity contribution is 7.90. The molecule has 4 rings (SSSR count). The predicted molar refractivity (Wildman–Crippen MR) is 103 cm³/mol. The molecular formula is C15H15ClN6O3S2. The molecule has 4 aromatic heterocycles. The summed E-state index contributed by atoms with van der Waals surface area (Å²) in [4.78, 5) is 23.7. The van der Waals surface area contributed by atoms with Gasteiger partial charge in [0.2, 0.25) is 5.03 Å². The van der Waals surface area contributed by atoms with Gasteiger partial charge in [-0.15, -0.1) is 11.3 Å². The van der Waals surface area contributed by atoms with Gasteiger partial charge in [0.1, 0.15) is 5.52 Å². The van der Waals surface area contributed by atoms with Crippen LogP contribution in [0.3, 0.4) is 0 Å². The number of aromatic nitrogens is 5. The number of imidazole rings is 2. The maximum absolute atomic E-state index is 13.4. The lowest BCUT2D eigenvalue weighted by Crippen LogP contribution is -2.32. The number of pyridine rings is 1. The second-order valence-corrected chi connectivity index (χ2v) is 9.05. The number of halogens is 1. The topological polar surface area (TPSA) is 94.5 Å². The lowest BCUT2D eigenvalue weighted by atomic mass is 10.4. The zero-order valence-electron chi connectivity index (χ0n) is 14.4. The van der Waals surface area contributed by atoms with E-state index in [1.165, 1.54) is 26.5 Å². The van der Waals surface area contributed by atoms with E-state index in [-0.39, 0.29) is 15.7 Å². The largest absolute Gasteiger partial charge is 0.344 e. The summed E-state index contributed by atoms with van der Waals surface area (Å²) in [6.07, 6.45) is 3.08.